The molecule has 1 aliphatic rings. The van der Waals surface area contributed by atoms with Gasteiger partial charge in [-0.1, -0.05) is 0 Å². The van der Waals surface area contributed by atoms with Gasteiger partial charge in [0.15, 0.2) is 0 Å². The van der Waals surface area contributed by atoms with Crippen LogP contribution in [0.15, 0.2) is 6.20 Å². The summed E-state index contributed by atoms with van der Waals surface area (Å²) in [5.41, 5.74) is 1.16. The van der Waals surface area contributed by atoms with Crippen LogP contribution in [0.1, 0.15) is 38.6 Å². The second kappa shape index (κ2) is 5.22. The van der Waals surface area contributed by atoms with E-state index in [2.05, 4.69) is 47.9 Å². The number of nitrogens with zero attached hydrogens (tertiary/aromatic N) is 3. The fraction of sp³-hybridized carbons (Fsp3) is 0.714. The zero-order valence-electron chi connectivity index (χ0n) is 12.1. The summed E-state index contributed by atoms with van der Waals surface area (Å²) in [6.45, 7) is 11.9. The summed E-state index contributed by atoms with van der Waals surface area (Å²) in [6.07, 6.45) is 3.08. The van der Waals surface area contributed by atoms with E-state index in [9.17, 15) is 0 Å². The summed E-state index contributed by atoms with van der Waals surface area (Å²) >= 11 is 0. The molecule has 0 radical (unpaired) electrons. The highest BCUT2D eigenvalue weighted by molar-refractivity contribution is 5.47. The first kappa shape index (κ1) is 13.3. The Morgan fingerprint density at radius 2 is 1.94 bits per heavy atom. The van der Waals surface area contributed by atoms with E-state index in [0.717, 1.165) is 30.2 Å². The van der Waals surface area contributed by atoms with Crippen LogP contribution in [0.25, 0.3) is 0 Å². The summed E-state index contributed by atoms with van der Waals surface area (Å²) in [5, 5.41) is 3.57. The lowest BCUT2D eigenvalue weighted by atomic mass is 10.1. The van der Waals surface area contributed by atoms with Gasteiger partial charge in [-0.3, -0.25) is 0 Å². The van der Waals surface area contributed by atoms with Crippen LogP contribution in [-0.4, -0.2) is 34.6 Å². The summed E-state index contributed by atoms with van der Waals surface area (Å²) in [7, 11) is 0. The van der Waals surface area contributed by atoms with Crippen LogP contribution >= 0.6 is 0 Å². The first-order chi connectivity index (χ1) is 8.49. The van der Waals surface area contributed by atoms with Crippen molar-refractivity contribution in [2.45, 2.75) is 59.2 Å². The smallest absolute Gasteiger partial charge is 0.135 e. The van der Waals surface area contributed by atoms with Crippen LogP contribution in [0.4, 0.5) is 5.82 Å². The van der Waals surface area contributed by atoms with Crippen LogP contribution in [0.5, 0.6) is 0 Å². The van der Waals surface area contributed by atoms with Gasteiger partial charge in [-0.05, 0) is 41.0 Å². The van der Waals surface area contributed by atoms with Crippen molar-refractivity contribution < 1.29 is 0 Å². The number of aromatic nitrogens is 2. The lowest BCUT2D eigenvalue weighted by Crippen LogP contribution is -2.43. The van der Waals surface area contributed by atoms with Crippen molar-refractivity contribution in [1.82, 2.24) is 15.3 Å². The van der Waals surface area contributed by atoms with E-state index < -0.39 is 0 Å². The van der Waals surface area contributed by atoms with Crippen LogP contribution in [0, 0.1) is 13.8 Å². The fourth-order valence-electron chi connectivity index (χ4n) is 2.81. The van der Waals surface area contributed by atoms with E-state index in [-0.39, 0.29) is 0 Å². The first-order valence-electron chi connectivity index (χ1n) is 6.81. The minimum absolute atomic E-state index is 0.456. The molecule has 0 bridgehead atoms. The van der Waals surface area contributed by atoms with Gasteiger partial charge in [0, 0.05) is 36.4 Å². The third-order valence-electron chi connectivity index (χ3n) is 3.72. The summed E-state index contributed by atoms with van der Waals surface area (Å²) in [6, 6.07) is 1.52. The van der Waals surface area contributed by atoms with E-state index in [1.165, 1.54) is 0 Å². The minimum Gasteiger partial charge on any atom is -0.350 e. The van der Waals surface area contributed by atoms with E-state index >= 15 is 0 Å². The van der Waals surface area contributed by atoms with Crippen LogP contribution < -0.4 is 10.2 Å². The van der Waals surface area contributed by atoms with Gasteiger partial charge in [0.1, 0.15) is 11.6 Å². The largest absolute Gasteiger partial charge is 0.350 e. The highest BCUT2D eigenvalue weighted by Gasteiger charge is 2.27. The topological polar surface area (TPSA) is 41.1 Å². The lowest BCUT2D eigenvalue weighted by molar-refractivity contribution is 0.521. The molecular formula is C14H24N4. The van der Waals surface area contributed by atoms with Crippen molar-refractivity contribution in [2.24, 2.45) is 0 Å². The molecule has 2 rings (SSSR count). The van der Waals surface area contributed by atoms with Gasteiger partial charge in [-0.25, -0.2) is 9.97 Å². The number of hydrogen-bond acceptors (Lipinski definition) is 4. The SMILES string of the molecule is Cc1ncc(C)c(N2C(C)CNC(C)CC2C)n1. The number of aryl methyl sites for hydroxylation is 2. The lowest BCUT2D eigenvalue weighted by Gasteiger charge is -2.34. The molecule has 4 heteroatoms. The van der Waals surface area contributed by atoms with E-state index in [0.29, 0.717) is 18.1 Å². The summed E-state index contributed by atoms with van der Waals surface area (Å²) in [4.78, 5) is 11.4. The van der Waals surface area contributed by atoms with Crippen molar-refractivity contribution in [2.75, 3.05) is 11.4 Å². The van der Waals surface area contributed by atoms with Gasteiger partial charge in [0.05, 0.1) is 0 Å². The van der Waals surface area contributed by atoms with Crippen LogP contribution in [-0.2, 0) is 0 Å². The molecular weight excluding hydrogens is 224 g/mol. The predicted molar refractivity (Wildman–Crippen MR) is 75.0 cm³/mol. The Bertz CT molecular complexity index is 418. The summed E-state index contributed by atoms with van der Waals surface area (Å²) < 4.78 is 0. The Balaban J connectivity index is 2.36. The predicted octanol–water partition coefficient (Wildman–Crippen LogP) is 2.06. The van der Waals surface area contributed by atoms with Crippen LogP contribution in [0.2, 0.25) is 0 Å². The zero-order chi connectivity index (χ0) is 13.3. The number of nitrogens with one attached hydrogen (secondary N) is 1. The number of anilines is 1. The Labute approximate surface area is 110 Å². The molecule has 4 nitrogen and oxygen atoms in total. The molecule has 1 saturated heterocycles. The monoisotopic (exact) mass is 248 g/mol. The number of hydrogen-bond donors (Lipinski definition) is 1. The average Bonchev–Trinajstić information content (AvgIpc) is 2.42. The van der Waals surface area contributed by atoms with E-state index in [1.807, 2.05) is 13.1 Å². The third kappa shape index (κ3) is 2.64. The van der Waals surface area contributed by atoms with Crippen molar-refractivity contribution in [3.8, 4) is 0 Å². The van der Waals surface area contributed by atoms with E-state index in [1.54, 1.807) is 0 Å². The first-order valence-corrected chi connectivity index (χ1v) is 6.81. The number of rotatable bonds is 1. The molecule has 0 saturated carbocycles. The molecule has 1 aromatic heterocycles. The molecule has 1 N–H and O–H groups in total. The molecule has 3 atom stereocenters. The fourth-order valence-corrected chi connectivity index (χ4v) is 2.81. The molecule has 1 aliphatic heterocycles. The average molecular weight is 248 g/mol. The van der Waals surface area contributed by atoms with Gasteiger partial charge in [-0.2, -0.15) is 0 Å². The Morgan fingerprint density at radius 3 is 2.67 bits per heavy atom. The maximum atomic E-state index is 4.65. The van der Waals surface area contributed by atoms with Crippen molar-refractivity contribution >= 4 is 5.82 Å². The second-order valence-corrected chi connectivity index (χ2v) is 5.57. The maximum Gasteiger partial charge on any atom is 0.135 e. The molecule has 100 valence electrons. The van der Waals surface area contributed by atoms with Crippen LogP contribution in [0.3, 0.4) is 0 Å². The van der Waals surface area contributed by atoms with Crippen molar-refractivity contribution in [1.29, 1.82) is 0 Å². The quantitative estimate of drug-likeness (QED) is 0.826. The minimum atomic E-state index is 0.456. The van der Waals surface area contributed by atoms with Gasteiger partial charge in [0.2, 0.25) is 0 Å². The Kier molecular flexibility index (Phi) is 3.85. The van der Waals surface area contributed by atoms with Crippen molar-refractivity contribution in [3.63, 3.8) is 0 Å². The Morgan fingerprint density at radius 1 is 1.22 bits per heavy atom. The highest BCUT2D eigenvalue weighted by atomic mass is 15.3. The molecule has 2 heterocycles. The summed E-state index contributed by atoms with van der Waals surface area (Å²) in [5.74, 6) is 1.94. The second-order valence-electron chi connectivity index (χ2n) is 5.57. The molecule has 0 aromatic carbocycles. The molecule has 0 spiro atoms. The third-order valence-corrected chi connectivity index (χ3v) is 3.72. The van der Waals surface area contributed by atoms with Gasteiger partial charge < -0.3 is 10.2 Å². The molecule has 3 unspecified atom stereocenters. The normalized spacial score (nSPS) is 29.2. The van der Waals surface area contributed by atoms with Gasteiger partial charge in [-0.15, -0.1) is 0 Å². The molecule has 0 amide bonds. The van der Waals surface area contributed by atoms with Crippen molar-refractivity contribution in [3.05, 3.63) is 17.6 Å². The molecule has 1 aromatic rings. The van der Waals surface area contributed by atoms with Gasteiger partial charge >= 0.3 is 0 Å². The van der Waals surface area contributed by atoms with E-state index in [4.69, 9.17) is 0 Å². The molecule has 0 aliphatic carbocycles. The molecule has 18 heavy (non-hydrogen) atoms. The maximum absolute atomic E-state index is 4.65. The standard InChI is InChI=1S/C14H24N4/c1-9-7-16-13(5)17-14(9)18-11(3)6-10(2)15-8-12(18)4/h7,10-12,15H,6,8H2,1-5H3. The zero-order valence-corrected chi connectivity index (χ0v) is 12.1. The van der Waals surface area contributed by atoms with Gasteiger partial charge in [0.25, 0.3) is 0 Å². The molecule has 1 fully saturated rings. The highest BCUT2D eigenvalue weighted by Crippen LogP contribution is 2.25. The Hall–Kier alpha value is -1.16.